The summed E-state index contributed by atoms with van der Waals surface area (Å²) in [6.07, 6.45) is 3.47. The Morgan fingerprint density at radius 3 is 3.09 bits per heavy atom. The molecule has 1 saturated heterocycles. The Kier molecular flexibility index (Phi) is 3.32. The van der Waals surface area contributed by atoms with Gasteiger partial charge in [-0.05, 0) is 35.5 Å². The number of thioether (sulfide) groups is 1. The molecule has 0 unspecified atom stereocenters. The topological polar surface area (TPSA) is 72.8 Å². The van der Waals surface area contributed by atoms with Gasteiger partial charge < -0.3 is 14.8 Å². The number of thiazole rings is 1. The lowest BCUT2D eigenvalue weighted by molar-refractivity contribution is -0.115. The van der Waals surface area contributed by atoms with Gasteiger partial charge in [-0.2, -0.15) is 4.99 Å². The second kappa shape index (κ2) is 5.47. The summed E-state index contributed by atoms with van der Waals surface area (Å²) in [6, 6.07) is 5.56. The zero-order valence-corrected chi connectivity index (χ0v) is 12.7. The Labute approximate surface area is 133 Å². The lowest BCUT2D eigenvalue weighted by Crippen LogP contribution is -2.19. The molecule has 4 rings (SSSR count). The minimum Gasteiger partial charge on any atom is -0.454 e. The molecule has 0 saturated carbocycles. The van der Waals surface area contributed by atoms with Crippen molar-refractivity contribution in [3.8, 4) is 11.5 Å². The molecule has 2 aliphatic heterocycles. The normalized spacial score (nSPS) is 19.9. The molecule has 2 aliphatic rings. The first-order chi connectivity index (χ1) is 10.8. The van der Waals surface area contributed by atoms with Gasteiger partial charge in [0.05, 0.1) is 4.91 Å². The van der Waals surface area contributed by atoms with Gasteiger partial charge in [0.25, 0.3) is 5.91 Å². The Hall–Kier alpha value is -2.32. The van der Waals surface area contributed by atoms with Crippen molar-refractivity contribution < 1.29 is 14.3 Å². The number of carbonyl (C=O) groups is 1. The molecule has 6 nitrogen and oxygen atoms in total. The molecule has 3 heterocycles. The van der Waals surface area contributed by atoms with Crippen LogP contribution in [0.2, 0.25) is 0 Å². The lowest BCUT2D eigenvalue weighted by Gasteiger charge is -1.98. The summed E-state index contributed by atoms with van der Waals surface area (Å²) in [6.45, 7) is 0.231. The molecule has 110 valence electrons. The van der Waals surface area contributed by atoms with Crippen LogP contribution in [0.5, 0.6) is 11.5 Å². The minimum atomic E-state index is -0.169. The fourth-order valence-electron chi connectivity index (χ4n) is 1.99. The molecule has 0 atom stereocenters. The van der Waals surface area contributed by atoms with E-state index in [4.69, 9.17) is 9.47 Å². The molecule has 22 heavy (non-hydrogen) atoms. The first kappa shape index (κ1) is 13.4. The average molecular weight is 331 g/mol. The van der Waals surface area contributed by atoms with Crippen LogP contribution in [0.25, 0.3) is 6.08 Å². The van der Waals surface area contributed by atoms with E-state index >= 15 is 0 Å². The number of carbonyl (C=O) groups excluding carboxylic acids is 1. The predicted octanol–water partition coefficient (Wildman–Crippen LogP) is 2.76. The van der Waals surface area contributed by atoms with Crippen LogP contribution in [0.4, 0.5) is 5.13 Å². The molecule has 1 amide bonds. The number of nitrogens with one attached hydrogen (secondary N) is 1. The van der Waals surface area contributed by atoms with Gasteiger partial charge in [0.2, 0.25) is 11.9 Å². The molecule has 1 aromatic heterocycles. The molecule has 0 bridgehead atoms. The summed E-state index contributed by atoms with van der Waals surface area (Å²) in [5.74, 6) is 1.24. The number of benzene rings is 1. The van der Waals surface area contributed by atoms with E-state index in [9.17, 15) is 4.79 Å². The van der Waals surface area contributed by atoms with Gasteiger partial charge in [-0.3, -0.25) is 4.79 Å². The minimum absolute atomic E-state index is 0.169. The highest BCUT2D eigenvalue weighted by atomic mass is 32.2. The molecule has 0 aliphatic carbocycles. The summed E-state index contributed by atoms with van der Waals surface area (Å²) in [5, 5.41) is 5.72. The summed E-state index contributed by atoms with van der Waals surface area (Å²) >= 11 is 2.71. The first-order valence-corrected chi connectivity index (χ1v) is 8.06. The van der Waals surface area contributed by atoms with E-state index in [0.717, 1.165) is 11.3 Å². The Morgan fingerprint density at radius 2 is 2.23 bits per heavy atom. The van der Waals surface area contributed by atoms with Crippen molar-refractivity contribution >= 4 is 45.4 Å². The molecule has 1 aromatic carbocycles. The van der Waals surface area contributed by atoms with Gasteiger partial charge in [0.1, 0.15) is 0 Å². The average Bonchev–Trinajstić information content (AvgIpc) is 3.21. The summed E-state index contributed by atoms with van der Waals surface area (Å²) in [4.78, 5) is 20.9. The number of hydrogen-bond donors (Lipinski definition) is 1. The Morgan fingerprint density at radius 1 is 1.32 bits per heavy atom. The first-order valence-electron chi connectivity index (χ1n) is 6.37. The highest BCUT2D eigenvalue weighted by Crippen LogP contribution is 2.34. The molecular formula is C14H9N3O3S2. The summed E-state index contributed by atoms with van der Waals surface area (Å²) < 4.78 is 10.6. The van der Waals surface area contributed by atoms with Crippen LogP contribution in [0.3, 0.4) is 0 Å². The van der Waals surface area contributed by atoms with E-state index in [1.807, 2.05) is 23.6 Å². The zero-order chi connectivity index (χ0) is 14.9. The van der Waals surface area contributed by atoms with Crippen molar-refractivity contribution in [2.75, 3.05) is 6.79 Å². The van der Waals surface area contributed by atoms with Gasteiger partial charge in [-0.15, -0.1) is 11.3 Å². The van der Waals surface area contributed by atoms with E-state index in [2.05, 4.69) is 15.3 Å². The third kappa shape index (κ3) is 2.58. The van der Waals surface area contributed by atoms with Crippen molar-refractivity contribution in [1.29, 1.82) is 0 Å². The van der Waals surface area contributed by atoms with Crippen LogP contribution in [0, 0.1) is 0 Å². The largest absolute Gasteiger partial charge is 0.454 e. The fourth-order valence-corrected chi connectivity index (χ4v) is 3.38. The summed E-state index contributed by atoms with van der Waals surface area (Å²) in [5.41, 5.74) is 0.873. The third-order valence-electron chi connectivity index (χ3n) is 2.96. The quantitative estimate of drug-likeness (QED) is 0.857. The predicted molar refractivity (Wildman–Crippen MR) is 85.5 cm³/mol. The number of amidine groups is 1. The number of ether oxygens (including phenoxy) is 2. The van der Waals surface area contributed by atoms with E-state index < -0.39 is 0 Å². The number of rotatable bonds is 2. The van der Waals surface area contributed by atoms with Gasteiger partial charge in [0.15, 0.2) is 16.7 Å². The highest BCUT2D eigenvalue weighted by Gasteiger charge is 2.24. The SMILES string of the molecule is O=C1N/C(=N\c2nccs2)S/C1=C\c1ccc2c(c1)OCO2. The van der Waals surface area contributed by atoms with E-state index in [-0.39, 0.29) is 12.7 Å². The van der Waals surface area contributed by atoms with Crippen LogP contribution in [0.1, 0.15) is 5.56 Å². The monoisotopic (exact) mass is 331 g/mol. The van der Waals surface area contributed by atoms with Crippen LogP contribution < -0.4 is 14.8 Å². The number of aromatic nitrogens is 1. The van der Waals surface area contributed by atoms with Crippen molar-refractivity contribution in [3.05, 3.63) is 40.2 Å². The van der Waals surface area contributed by atoms with Gasteiger partial charge >= 0.3 is 0 Å². The summed E-state index contributed by atoms with van der Waals surface area (Å²) in [7, 11) is 0. The van der Waals surface area contributed by atoms with Crippen molar-refractivity contribution in [2.45, 2.75) is 0 Å². The number of fused-ring (bicyclic) bond motifs is 1. The molecule has 1 N–H and O–H groups in total. The van der Waals surface area contributed by atoms with E-state index in [0.29, 0.717) is 21.0 Å². The number of amides is 1. The molecule has 1 fully saturated rings. The molecule has 0 spiro atoms. The molecule has 8 heteroatoms. The number of hydrogen-bond acceptors (Lipinski definition) is 7. The van der Waals surface area contributed by atoms with E-state index in [1.165, 1.54) is 23.1 Å². The standard InChI is InChI=1S/C14H9N3O3S2/c18-12-11(22-14(16-12)17-13-15-3-4-21-13)6-8-1-2-9-10(5-8)20-7-19-9/h1-6H,7H2,(H,15,16,17,18)/b11-6-. The lowest BCUT2D eigenvalue weighted by atomic mass is 10.2. The zero-order valence-electron chi connectivity index (χ0n) is 11.1. The van der Waals surface area contributed by atoms with E-state index in [1.54, 1.807) is 12.3 Å². The molecule has 2 aromatic rings. The van der Waals surface area contributed by atoms with Crippen LogP contribution in [-0.2, 0) is 4.79 Å². The molecule has 0 radical (unpaired) electrons. The van der Waals surface area contributed by atoms with Crippen molar-refractivity contribution in [2.24, 2.45) is 4.99 Å². The number of nitrogens with zero attached hydrogens (tertiary/aromatic N) is 2. The van der Waals surface area contributed by atoms with Gasteiger partial charge in [-0.1, -0.05) is 6.07 Å². The number of aliphatic imine (C=N–C) groups is 1. The maximum absolute atomic E-state index is 12.0. The Balaban J connectivity index is 1.59. The smallest absolute Gasteiger partial charge is 0.264 e. The second-order valence-corrected chi connectivity index (χ2v) is 6.31. The Bertz CT molecular complexity index is 800. The van der Waals surface area contributed by atoms with Crippen LogP contribution in [0.15, 0.2) is 39.7 Å². The maximum atomic E-state index is 12.0. The maximum Gasteiger partial charge on any atom is 0.264 e. The van der Waals surface area contributed by atoms with Crippen LogP contribution >= 0.6 is 23.1 Å². The van der Waals surface area contributed by atoms with Crippen molar-refractivity contribution in [1.82, 2.24) is 10.3 Å². The van der Waals surface area contributed by atoms with Crippen LogP contribution in [-0.4, -0.2) is 22.9 Å². The molecular weight excluding hydrogens is 322 g/mol. The highest BCUT2D eigenvalue weighted by molar-refractivity contribution is 8.18. The fraction of sp³-hybridized carbons (Fsp3) is 0.0714. The van der Waals surface area contributed by atoms with Crippen molar-refractivity contribution in [3.63, 3.8) is 0 Å². The third-order valence-corrected chi connectivity index (χ3v) is 4.54. The van der Waals surface area contributed by atoms with Gasteiger partial charge in [-0.25, -0.2) is 4.98 Å². The van der Waals surface area contributed by atoms with Gasteiger partial charge in [0, 0.05) is 11.6 Å². The second-order valence-electron chi connectivity index (χ2n) is 4.41.